The summed E-state index contributed by atoms with van der Waals surface area (Å²) >= 11 is 5.83. The summed E-state index contributed by atoms with van der Waals surface area (Å²) in [6, 6.07) is 12.2. The molecule has 0 saturated carbocycles. The first-order chi connectivity index (χ1) is 11.5. The lowest BCUT2D eigenvalue weighted by atomic mass is 10.0. The Kier molecular flexibility index (Phi) is 4.01. The number of anilines is 1. The van der Waals surface area contributed by atoms with Crippen LogP contribution in [-0.4, -0.2) is 21.6 Å². The highest BCUT2D eigenvalue weighted by atomic mass is 35.5. The number of aliphatic hydroxyl groups is 1. The third-order valence-electron chi connectivity index (χ3n) is 3.43. The van der Waals surface area contributed by atoms with Gasteiger partial charge in [-0.25, -0.2) is 0 Å². The number of benzene rings is 2. The van der Waals surface area contributed by atoms with Gasteiger partial charge in [-0.05, 0) is 30.3 Å². The number of hydrazone groups is 1. The number of amides is 1. The molecule has 7 nitrogen and oxygen atoms in total. The predicted octanol–water partition coefficient (Wildman–Crippen LogP) is 3.44. The molecule has 1 heterocycles. The average Bonchev–Trinajstić information content (AvgIpc) is 2.92. The molecule has 0 fully saturated rings. The van der Waals surface area contributed by atoms with Crippen molar-refractivity contribution in [2.24, 2.45) is 5.10 Å². The molecular weight excluding hydrogens is 334 g/mol. The van der Waals surface area contributed by atoms with Crippen LogP contribution < -0.4 is 5.01 Å². The Balaban J connectivity index is 2.13. The minimum Gasteiger partial charge on any atom is -0.515 e. The van der Waals surface area contributed by atoms with E-state index in [1.54, 1.807) is 30.3 Å². The fraction of sp³-hybridized carbons (Fsp3) is 0. The van der Waals surface area contributed by atoms with Crippen LogP contribution in [0, 0.1) is 10.1 Å². The van der Waals surface area contributed by atoms with Gasteiger partial charge in [0.05, 0.1) is 22.4 Å². The summed E-state index contributed by atoms with van der Waals surface area (Å²) in [4.78, 5) is 23.1. The van der Waals surface area contributed by atoms with Crippen molar-refractivity contribution < 1.29 is 14.8 Å². The second kappa shape index (κ2) is 6.13. The van der Waals surface area contributed by atoms with Crippen molar-refractivity contribution in [1.82, 2.24) is 0 Å². The molecule has 0 radical (unpaired) electrons. The summed E-state index contributed by atoms with van der Waals surface area (Å²) in [6.45, 7) is 0. The van der Waals surface area contributed by atoms with E-state index in [0.29, 0.717) is 17.0 Å². The van der Waals surface area contributed by atoms with E-state index < -0.39 is 10.8 Å². The molecule has 1 N–H and O–H groups in total. The summed E-state index contributed by atoms with van der Waals surface area (Å²) in [5.41, 5.74) is 0.273. The lowest BCUT2D eigenvalue weighted by Gasteiger charge is -2.10. The Morgan fingerprint density at radius 2 is 1.83 bits per heavy atom. The summed E-state index contributed by atoms with van der Waals surface area (Å²) < 4.78 is 0. The number of aliphatic hydroxyl groups excluding tert-OH is 1. The van der Waals surface area contributed by atoms with Crippen molar-refractivity contribution in [3.05, 3.63) is 81.1 Å². The van der Waals surface area contributed by atoms with E-state index in [2.05, 4.69) is 5.10 Å². The summed E-state index contributed by atoms with van der Waals surface area (Å²) in [6.07, 6.45) is 0.605. The van der Waals surface area contributed by atoms with Crippen LogP contribution in [0.3, 0.4) is 0 Å². The van der Waals surface area contributed by atoms with Crippen LogP contribution in [0.25, 0.3) is 0 Å². The van der Waals surface area contributed by atoms with E-state index in [0.717, 1.165) is 5.01 Å². The van der Waals surface area contributed by atoms with Gasteiger partial charge < -0.3 is 5.11 Å². The molecule has 3 rings (SSSR count). The Hall–Kier alpha value is -3.19. The number of hydrogen-bond donors (Lipinski definition) is 1. The number of carbonyl (C=O) groups excluding carboxylic acids is 1. The molecule has 2 aromatic carbocycles. The van der Waals surface area contributed by atoms with E-state index in [9.17, 15) is 20.0 Å². The third kappa shape index (κ3) is 2.61. The number of nitro benzene ring substituents is 1. The van der Waals surface area contributed by atoms with Gasteiger partial charge in [0.2, 0.25) is 0 Å². The van der Waals surface area contributed by atoms with Crippen molar-refractivity contribution in [3.63, 3.8) is 0 Å². The standard InChI is InChI=1S/C16H10ClN3O4/c17-10-5-7-11(8-6-10)19-16(22)13(9-21)15(18-19)12-3-1-2-4-14(12)20(23)24/h1-9,21H/b13-9+. The molecule has 0 unspecified atom stereocenters. The maximum Gasteiger partial charge on any atom is 0.284 e. The van der Waals surface area contributed by atoms with E-state index in [1.807, 2.05) is 0 Å². The average molecular weight is 344 g/mol. The van der Waals surface area contributed by atoms with E-state index in [-0.39, 0.29) is 22.5 Å². The second-order valence-electron chi connectivity index (χ2n) is 4.86. The molecule has 0 saturated heterocycles. The Labute approximate surface area is 141 Å². The number of para-hydroxylation sites is 1. The molecule has 0 aliphatic carbocycles. The summed E-state index contributed by atoms with van der Waals surface area (Å²) in [7, 11) is 0. The Bertz CT molecular complexity index is 890. The highest BCUT2D eigenvalue weighted by Crippen LogP contribution is 2.30. The van der Waals surface area contributed by atoms with Gasteiger partial charge in [-0.3, -0.25) is 14.9 Å². The largest absolute Gasteiger partial charge is 0.515 e. The molecule has 1 aliphatic rings. The molecule has 2 aromatic rings. The Morgan fingerprint density at radius 1 is 1.17 bits per heavy atom. The SMILES string of the molecule is O=C1/C(=C/O)C(c2ccccc2[N+](=O)[O-])=NN1c1ccc(Cl)cc1. The zero-order valence-corrected chi connectivity index (χ0v) is 12.8. The highest BCUT2D eigenvalue weighted by molar-refractivity contribution is 6.36. The molecule has 0 aromatic heterocycles. The summed E-state index contributed by atoms with van der Waals surface area (Å²) in [5.74, 6) is -0.590. The zero-order chi connectivity index (χ0) is 17.3. The third-order valence-corrected chi connectivity index (χ3v) is 3.69. The van der Waals surface area contributed by atoms with Crippen LogP contribution in [0.1, 0.15) is 5.56 Å². The quantitative estimate of drug-likeness (QED) is 0.399. The summed E-state index contributed by atoms with van der Waals surface area (Å²) in [5, 5.41) is 26.3. The number of rotatable bonds is 3. The van der Waals surface area contributed by atoms with Gasteiger partial charge in [0.25, 0.3) is 11.6 Å². The van der Waals surface area contributed by atoms with E-state index in [1.165, 1.54) is 18.2 Å². The van der Waals surface area contributed by atoms with Crippen LogP contribution in [0.5, 0.6) is 0 Å². The molecule has 0 spiro atoms. The molecule has 24 heavy (non-hydrogen) atoms. The molecule has 1 amide bonds. The fourth-order valence-electron chi connectivity index (χ4n) is 2.32. The molecular formula is C16H10ClN3O4. The van der Waals surface area contributed by atoms with Crippen LogP contribution >= 0.6 is 11.6 Å². The first-order valence-corrected chi connectivity index (χ1v) is 7.18. The zero-order valence-electron chi connectivity index (χ0n) is 12.1. The maximum atomic E-state index is 12.5. The van der Waals surface area contributed by atoms with Crippen LogP contribution in [-0.2, 0) is 4.79 Å². The number of nitrogens with zero attached hydrogens (tertiary/aromatic N) is 3. The predicted molar refractivity (Wildman–Crippen MR) is 89.3 cm³/mol. The normalized spacial score (nSPS) is 15.7. The van der Waals surface area contributed by atoms with Gasteiger partial charge in [-0.1, -0.05) is 23.7 Å². The molecule has 0 atom stereocenters. The monoisotopic (exact) mass is 343 g/mol. The molecule has 8 heteroatoms. The Morgan fingerprint density at radius 3 is 2.46 bits per heavy atom. The van der Waals surface area contributed by atoms with Crippen molar-refractivity contribution >= 4 is 34.6 Å². The van der Waals surface area contributed by atoms with E-state index in [4.69, 9.17) is 11.6 Å². The van der Waals surface area contributed by atoms with Crippen LogP contribution in [0.4, 0.5) is 11.4 Å². The number of hydrogen-bond acceptors (Lipinski definition) is 5. The lowest BCUT2D eigenvalue weighted by molar-refractivity contribution is -0.385. The molecule has 0 bridgehead atoms. The van der Waals surface area contributed by atoms with Gasteiger partial charge in [0.15, 0.2) is 0 Å². The van der Waals surface area contributed by atoms with Crippen LogP contribution in [0.15, 0.2) is 65.5 Å². The van der Waals surface area contributed by atoms with Gasteiger partial charge in [-0.2, -0.15) is 10.1 Å². The van der Waals surface area contributed by atoms with Crippen molar-refractivity contribution in [1.29, 1.82) is 0 Å². The minimum atomic E-state index is -0.590. The highest BCUT2D eigenvalue weighted by Gasteiger charge is 2.35. The van der Waals surface area contributed by atoms with Crippen LogP contribution in [0.2, 0.25) is 5.02 Å². The smallest absolute Gasteiger partial charge is 0.284 e. The van der Waals surface area contributed by atoms with Gasteiger partial charge in [-0.15, -0.1) is 0 Å². The number of carbonyl (C=O) groups is 1. The second-order valence-corrected chi connectivity index (χ2v) is 5.30. The first kappa shape index (κ1) is 15.7. The van der Waals surface area contributed by atoms with Gasteiger partial charge in [0.1, 0.15) is 11.3 Å². The van der Waals surface area contributed by atoms with Crippen molar-refractivity contribution in [2.45, 2.75) is 0 Å². The fourth-order valence-corrected chi connectivity index (χ4v) is 2.45. The molecule has 1 aliphatic heterocycles. The number of halogens is 1. The van der Waals surface area contributed by atoms with Crippen molar-refractivity contribution in [3.8, 4) is 0 Å². The van der Waals surface area contributed by atoms with Gasteiger partial charge in [0, 0.05) is 11.1 Å². The maximum absolute atomic E-state index is 12.5. The number of nitro groups is 1. The van der Waals surface area contributed by atoms with E-state index >= 15 is 0 Å². The van der Waals surface area contributed by atoms with Gasteiger partial charge >= 0.3 is 0 Å². The van der Waals surface area contributed by atoms with Crippen molar-refractivity contribution in [2.75, 3.05) is 5.01 Å². The molecule has 120 valence electrons. The minimum absolute atomic E-state index is 0.0322. The topological polar surface area (TPSA) is 96.0 Å². The lowest BCUT2D eigenvalue weighted by Crippen LogP contribution is -2.21. The first-order valence-electron chi connectivity index (χ1n) is 6.80.